The second-order valence-electron chi connectivity index (χ2n) is 6.97. The van der Waals surface area contributed by atoms with Crippen molar-refractivity contribution in [3.63, 3.8) is 0 Å². The number of para-hydroxylation sites is 1. The van der Waals surface area contributed by atoms with Gasteiger partial charge in [0.15, 0.2) is 6.61 Å². The molecule has 0 radical (unpaired) electrons. The van der Waals surface area contributed by atoms with E-state index in [4.69, 9.17) is 9.47 Å². The summed E-state index contributed by atoms with van der Waals surface area (Å²) in [7, 11) is 0. The predicted molar refractivity (Wildman–Crippen MR) is 108 cm³/mol. The predicted octanol–water partition coefficient (Wildman–Crippen LogP) is 1.43. The molecular formula is C21H33N3O4. The van der Waals surface area contributed by atoms with Crippen molar-refractivity contribution in [2.75, 3.05) is 46.0 Å². The van der Waals surface area contributed by atoms with Crippen LogP contribution in [0.15, 0.2) is 30.3 Å². The van der Waals surface area contributed by atoms with Crippen LogP contribution < -0.4 is 15.4 Å². The second kappa shape index (κ2) is 12.4. The van der Waals surface area contributed by atoms with Gasteiger partial charge in [-0.25, -0.2) is 0 Å². The summed E-state index contributed by atoms with van der Waals surface area (Å²) in [6.45, 7) is 8.07. The molecule has 1 unspecified atom stereocenters. The van der Waals surface area contributed by atoms with Gasteiger partial charge in [0.2, 0.25) is 5.91 Å². The fourth-order valence-corrected chi connectivity index (χ4v) is 3.51. The van der Waals surface area contributed by atoms with Crippen molar-refractivity contribution >= 4 is 11.8 Å². The van der Waals surface area contributed by atoms with Crippen LogP contribution >= 0.6 is 0 Å². The van der Waals surface area contributed by atoms with E-state index in [1.807, 2.05) is 18.2 Å². The summed E-state index contributed by atoms with van der Waals surface area (Å²) in [5.74, 6) is 0.647. The van der Waals surface area contributed by atoms with Gasteiger partial charge < -0.3 is 20.1 Å². The number of nitrogens with one attached hydrogen (secondary N) is 2. The Bertz CT molecular complexity index is 587. The van der Waals surface area contributed by atoms with E-state index in [1.54, 1.807) is 12.1 Å². The molecule has 0 saturated carbocycles. The third-order valence-electron chi connectivity index (χ3n) is 5.18. The Kier molecular flexibility index (Phi) is 9.79. The van der Waals surface area contributed by atoms with Crippen LogP contribution in [0.4, 0.5) is 0 Å². The highest BCUT2D eigenvalue weighted by molar-refractivity contribution is 5.85. The quantitative estimate of drug-likeness (QED) is 0.597. The fraction of sp³-hybridized carbons (Fsp3) is 0.619. The Balaban J connectivity index is 1.73. The number of amides is 2. The van der Waals surface area contributed by atoms with E-state index in [0.717, 1.165) is 39.1 Å². The standard InChI is InChI=1S/C21H33N3O4/c1-3-17(4-2)19(24-10-12-27-13-11-24)14-22-20(25)15-23-21(26)16-28-18-8-6-5-7-9-18/h5-9,17,19H,3-4,10-16H2,1-2H3,(H,22,25)(H,23,26). The fourth-order valence-electron chi connectivity index (χ4n) is 3.51. The van der Waals surface area contributed by atoms with Crippen LogP contribution in [-0.2, 0) is 14.3 Å². The summed E-state index contributed by atoms with van der Waals surface area (Å²) in [5.41, 5.74) is 0. The van der Waals surface area contributed by atoms with Gasteiger partial charge in [-0.1, -0.05) is 44.9 Å². The Morgan fingerprint density at radius 1 is 1.07 bits per heavy atom. The van der Waals surface area contributed by atoms with Gasteiger partial charge >= 0.3 is 0 Å². The van der Waals surface area contributed by atoms with E-state index < -0.39 is 0 Å². The minimum Gasteiger partial charge on any atom is -0.484 e. The van der Waals surface area contributed by atoms with Gasteiger partial charge in [0.25, 0.3) is 5.91 Å². The number of hydrogen-bond donors (Lipinski definition) is 2. The molecule has 1 aliphatic heterocycles. The van der Waals surface area contributed by atoms with E-state index in [-0.39, 0.29) is 25.0 Å². The molecule has 2 rings (SSSR count). The Labute approximate surface area is 167 Å². The Hall–Kier alpha value is -2.12. The van der Waals surface area contributed by atoms with E-state index in [9.17, 15) is 9.59 Å². The molecule has 1 atom stereocenters. The highest BCUT2D eigenvalue weighted by Gasteiger charge is 2.27. The normalized spacial score (nSPS) is 15.8. The van der Waals surface area contributed by atoms with E-state index >= 15 is 0 Å². The molecule has 1 aromatic rings. The lowest BCUT2D eigenvalue weighted by Gasteiger charge is -2.38. The summed E-state index contributed by atoms with van der Waals surface area (Å²) in [6.07, 6.45) is 2.14. The number of benzene rings is 1. The van der Waals surface area contributed by atoms with Crippen LogP contribution in [-0.4, -0.2) is 68.8 Å². The minimum atomic E-state index is -0.316. The van der Waals surface area contributed by atoms with Crippen LogP contribution in [0.5, 0.6) is 5.75 Å². The van der Waals surface area contributed by atoms with Gasteiger partial charge in [0, 0.05) is 25.7 Å². The summed E-state index contributed by atoms with van der Waals surface area (Å²) in [4.78, 5) is 26.5. The maximum atomic E-state index is 12.2. The highest BCUT2D eigenvalue weighted by atomic mass is 16.5. The monoisotopic (exact) mass is 391 g/mol. The molecule has 0 bridgehead atoms. The number of morpholine rings is 1. The van der Waals surface area contributed by atoms with Crippen molar-refractivity contribution in [1.82, 2.24) is 15.5 Å². The van der Waals surface area contributed by atoms with Crippen LogP contribution in [0.1, 0.15) is 26.7 Å². The van der Waals surface area contributed by atoms with Crippen molar-refractivity contribution in [2.24, 2.45) is 5.92 Å². The second-order valence-corrected chi connectivity index (χ2v) is 6.97. The van der Waals surface area contributed by atoms with Gasteiger partial charge in [-0.2, -0.15) is 0 Å². The molecule has 156 valence electrons. The van der Waals surface area contributed by atoms with Gasteiger partial charge in [-0.05, 0) is 18.1 Å². The molecule has 7 heteroatoms. The SMILES string of the molecule is CCC(CC)C(CNC(=O)CNC(=O)COc1ccccc1)N1CCOCC1. The number of rotatable bonds is 11. The van der Waals surface area contributed by atoms with E-state index in [1.165, 1.54) is 0 Å². The lowest BCUT2D eigenvalue weighted by molar-refractivity contribution is -0.127. The number of carbonyl (C=O) groups is 2. The third-order valence-corrected chi connectivity index (χ3v) is 5.18. The third kappa shape index (κ3) is 7.48. The molecule has 7 nitrogen and oxygen atoms in total. The number of hydrogen-bond acceptors (Lipinski definition) is 5. The zero-order valence-corrected chi connectivity index (χ0v) is 17.0. The first-order valence-corrected chi connectivity index (χ1v) is 10.2. The molecule has 0 aromatic heterocycles. The summed E-state index contributed by atoms with van der Waals surface area (Å²) < 4.78 is 10.8. The Morgan fingerprint density at radius 2 is 1.75 bits per heavy atom. The topological polar surface area (TPSA) is 79.9 Å². The maximum Gasteiger partial charge on any atom is 0.258 e. The first kappa shape index (κ1) is 22.2. The van der Waals surface area contributed by atoms with Crippen molar-refractivity contribution in [1.29, 1.82) is 0 Å². The molecule has 1 aromatic carbocycles. The van der Waals surface area contributed by atoms with Gasteiger partial charge in [0.05, 0.1) is 19.8 Å². The highest BCUT2D eigenvalue weighted by Crippen LogP contribution is 2.19. The molecule has 28 heavy (non-hydrogen) atoms. The average Bonchev–Trinajstić information content (AvgIpc) is 2.75. The molecule has 1 saturated heterocycles. The first-order chi connectivity index (χ1) is 13.6. The lowest BCUT2D eigenvalue weighted by Crippen LogP contribution is -2.52. The van der Waals surface area contributed by atoms with Crippen molar-refractivity contribution in [3.05, 3.63) is 30.3 Å². The molecule has 0 spiro atoms. The molecule has 1 aliphatic rings. The van der Waals surface area contributed by atoms with Crippen molar-refractivity contribution in [2.45, 2.75) is 32.7 Å². The van der Waals surface area contributed by atoms with Crippen LogP contribution in [0.3, 0.4) is 0 Å². The van der Waals surface area contributed by atoms with Crippen LogP contribution in [0, 0.1) is 5.92 Å². The van der Waals surface area contributed by atoms with Gasteiger partial charge in [0.1, 0.15) is 5.75 Å². The van der Waals surface area contributed by atoms with Crippen LogP contribution in [0.2, 0.25) is 0 Å². The molecule has 0 aliphatic carbocycles. The molecule has 2 amide bonds. The summed E-state index contributed by atoms with van der Waals surface area (Å²) in [6, 6.07) is 9.41. The number of ether oxygens (including phenoxy) is 2. The lowest BCUT2D eigenvalue weighted by atomic mass is 9.92. The zero-order chi connectivity index (χ0) is 20.2. The minimum absolute atomic E-state index is 0.0459. The maximum absolute atomic E-state index is 12.2. The molecule has 1 fully saturated rings. The largest absolute Gasteiger partial charge is 0.484 e. The van der Waals surface area contributed by atoms with Gasteiger partial charge in [-0.3, -0.25) is 14.5 Å². The summed E-state index contributed by atoms with van der Waals surface area (Å²) >= 11 is 0. The van der Waals surface area contributed by atoms with Gasteiger partial charge in [-0.15, -0.1) is 0 Å². The molecule has 1 heterocycles. The first-order valence-electron chi connectivity index (χ1n) is 10.2. The summed E-state index contributed by atoms with van der Waals surface area (Å²) in [5, 5.41) is 5.58. The van der Waals surface area contributed by atoms with Crippen molar-refractivity contribution < 1.29 is 19.1 Å². The zero-order valence-electron chi connectivity index (χ0n) is 17.0. The average molecular weight is 392 g/mol. The smallest absolute Gasteiger partial charge is 0.258 e. The number of carbonyl (C=O) groups excluding carboxylic acids is 2. The number of nitrogens with zero attached hydrogens (tertiary/aromatic N) is 1. The Morgan fingerprint density at radius 3 is 2.39 bits per heavy atom. The molecular weight excluding hydrogens is 358 g/mol. The van der Waals surface area contributed by atoms with Crippen LogP contribution in [0.25, 0.3) is 0 Å². The van der Waals surface area contributed by atoms with E-state index in [2.05, 4.69) is 29.4 Å². The van der Waals surface area contributed by atoms with E-state index in [0.29, 0.717) is 24.3 Å². The van der Waals surface area contributed by atoms with Crippen molar-refractivity contribution in [3.8, 4) is 5.75 Å². The molecule has 2 N–H and O–H groups in total.